The van der Waals surface area contributed by atoms with E-state index in [4.69, 9.17) is 17.4 Å². The highest BCUT2D eigenvalue weighted by Crippen LogP contribution is 2.27. The van der Waals surface area contributed by atoms with Crippen molar-refractivity contribution in [3.05, 3.63) is 69.9 Å². The summed E-state index contributed by atoms with van der Waals surface area (Å²) >= 11 is 7.14. The number of amides is 1. The molecule has 0 radical (unpaired) electrons. The number of non-ortho nitro benzene ring substituents is 1. The molecule has 0 spiro atoms. The number of nitro benzene ring substituents is 1. The van der Waals surface area contributed by atoms with Gasteiger partial charge in [0, 0.05) is 17.7 Å². The molecule has 1 aromatic heterocycles. The van der Waals surface area contributed by atoms with Gasteiger partial charge in [-0.25, -0.2) is 9.66 Å². The summed E-state index contributed by atoms with van der Waals surface area (Å²) in [5.74, 6) is 5.62. The number of nitrogens with two attached hydrogens (primary N) is 1. The van der Waals surface area contributed by atoms with Crippen LogP contribution < -0.4 is 11.2 Å². The van der Waals surface area contributed by atoms with Crippen LogP contribution in [0.1, 0.15) is 0 Å². The molecule has 1 heterocycles. The Morgan fingerprint density at radius 2 is 2.04 bits per heavy atom. The van der Waals surface area contributed by atoms with Crippen molar-refractivity contribution < 1.29 is 9.72 Å². The van der Waals surface area contributed by atoms with Crippen LogP contribution in [0.25, 0.3) is 11.3 Å². The van der Waals surface area contributed by atoms with E-state index in [1.807, 2.05) is 30.3 Å². The fourth-order valence-corrected chi connectivity index (χ4v) is 3.19. The van der Waals surface area contributed by atoms with Gasteiger partial charge in [-0.05, 0) is 6.07 Å². The summed E-state index contributed by atoms with van der Waals surface area (Å²) in [7, 11) is 0. The Labute approximate surface area is 163 Å². The van der Waals surface area contributed by atoms with Crippen LogP contribution in [-0.4, -0.2) is 26.2 Å². The van der Waals surface area contributed by atoms with Gasteiger partial charge in [-0.3, -0.25) is 14.9 Å². The number of nitrogens with one attached hydrogen (secondary N) is 1. The van der Waals surface area contributed by atoms with E-state index in [-0.39, 0.29) is 22.4 Å². The van der Waals surface area contributed by atoms with Crippen molar-refractivity contribution in [3.8, 4) is 11.3 Å². The Morgan fingerprint density at radius 1 is 1.30 bits per heavy atom. The number of hydrogen-bond donors (Lipinski definition) is 2. The van der Waals surface area contributed by atoms with Crippen LogP contribution in [0.2, 0.25) is 5.02 Å². The lowest BCUT2D eigenvalue weighted by Gasteiger charge is -2.06. The predicted molar refractivity (Wildman–Crippen MR) is 105 cm³/mol. The van der Waals surface area contributed by atoms with Crippen LogP contribution in [0.5, 0.6) is 0 Å². The molecule has 0 unspecified atom stereocenters. The number of carbonyl (C=O) groups excluding carboxylic acids is 1. The minimum Gasteiger partial charge on any atom is -0.337 e. The quantitative estimate of drug-likeness (QED) is 0.281. The van der Waals surface area contributed by atoms with Gasteiger partial charge in [0.05, 0.1) is 33.3 Å². The zero-order chi connectivity index (χ0) is 19.4. The second kappa shape index (κ2) is 8.11. The SMILES string of the molecule is Nn1cc(-c2ccccc2)nc1SCC(=O)Nc1ccc([N+](=O)[O-])cc1Cl. The zero-order valence-corrected chi connectivity index (χ0v) is 15.4. The van der Waals surface area contributed by atoms with Crippen molar-refractivity contribution in [1.82, 2.24) is 9.66 Å². The van der Waals surface area contributed by atoms with Crippen molar-refractivity contribution in [2.45, 2.75) is 5.16 Å². The maximum Gasteiger partial charge on any atom is 0.271 e. The smallest absolute Gasteiger partial charge is 0.271 e. The minimum absolute atomic E-state index is 0.0513. The van der Waals surface area contributed by atoms with Gasteiger partial charge in [0.2, 0.25) is 5.91 Å². The summed E-state index contributed by atoms with van der Waals surface area (Å²) in [5, 5.41) is 13.9. The minimum atomic E-state index is -0.557. The summed E-state index contributed by atoms with van der Waals surface area (Å²) in [6.07, 6.45) is 1.68. The van der Waals surface area contributed by atoms with Crippen molar-refractivity contribution in [2.75, 3.05) is 16.9 Å². The first-order valence-corrected chi connectivity index (χ1v) is 9.07. The average molecular weight is 404 g/mol. The molecule has 0 atom stereocenters. The number of thioether (sulfide) groups is 1. The van der Waals surface area contributed by atoms with Crippen molar-refractivity contribution in [2.24, 2.45) is 0 Å². The molecule has 2 aromatic carbocycles. The monoisotopic (exact) mass is 403 g/mol. The molecule has 1 amide bonds. The van der Waals surface area contributed by atoms with Crippen molar-refractivity contribution >= 4 is 40.6 Å². The Morgan fingerprint density at radius 3 is 2.70 bits per heavy atom. The van der Waals surface area contributed by atoms with Crippen LogP contribution >= 0.6 is 23.4 Å². The summed E-state index contributed by atoms with van der Waals surface area (Å²) in [4.78, 5) is 26.7. The molecule has 0 aliphatic carbocycles. The van der Waals surface area contributed by atoms with Crippen LogP contribution in [0.15, 0.2) is 59.9 Å². The molecule has 0 aliphatic heterocycles. The van der Waals surface area contributed by atoms with E-state index >= 15 is 0 Å². The number of hydrogen-bond acceptors (Lipinski definition) is 6. The first-order valence-electron chi connectivity index (χ1n) is 7.70. The Kier molecular flexibility index (Phi) is 5.63. The van der Waals surface area contributed by atoms with Gasteiger partial charge in [-0.2, -0.15) is 0 Å². The fourth-order valence-electron chi connectivity index (χ4n) is 2.27. The van der Waals surface area contributed by atoms with E-state index in [0.717, 1.165) is 5.56 Å². The normalized spacial score (nSPS) is 10.6. The number of nitrogen functional groups attached to an aromatic ring is 1. The molecule has 27 heavy (non-hydrogen) atoms. The standard InChI is InChI=1S/C17H14ClN5O3S/c18-13-8-12(23(25)26)6-7-14(13)20-16(24)10-27-17-21-15(9-22(17)19)11-4-2-1-3-5-11/h1-9H,10,19H2,(H,20,24). The summed E-state index contributed by atoms with van der Waals surface area (Å²) in [6.45, 7) is 0. The molecular formula is C17H14ClN5O3S. The highest BCUT2D eigenvalue weighted by Gasteiger charge is 2.14. The summed E-state index contributed by atoms with van der Waals surface area (Å²) < 4.78 is 1.36. The van der Waals surface area contributed by atoms with Crippen LogP contribution in [-0.2, 0) is 4.79 Å². The molecule has 3 rings (SSSR count). The number of nitrogens with zero attached hydrogens (tertiary/aromatic N) is 3. The lowest BCUT2D eigenvalue weighted by atomic mass is 10.2. The van der Waals surface area contributed by atoms with Crippen LogP contribution in [0.3, 0.4) is 0 Å². The van der Waals surface area contributed by atoms with Gasteiger partial charge in [0.25, 0.3) is 5.69 Å². The third-order valence-corrected chi connectivity index (χ3v) is 4.82. The van der Waals surface area contributed by atoms with E-state index in [2.05, 4.69) is 10.3 Å². The number of rotatable bonds is 6. The third kappa shape index (κ3) is 4.57. The lowest BCUT2D eigenvalue weighted by Crippen LogP contribution is -2.16. The molecule has 8 nitrogen and oxygen atoms in total. The predicted octanol–water partition coefficient (Wildman–Crippen LogP) is 3.56. The molecule has 0 bridgehead atoms. The van der Waals surface area contributed by atoms with Crippen LogP contribution in [0, 0.1) is 10.1 Å². The number of benzene rings is 2. The van der Waals surface area contributed by atoms with E-state index in [9.17, 15) is 14.9 Å². The van der Waals surface area contributed by atoms with Crippen molar-refractivity contribution in [1.29, 1.82) is 0 Å². The third-order valence-electron chi connectivity index (χ3n) is 3.54. The van der Waals surface area contributed by atoms with E-state index in [1.54, 1.807) is 6.20 Å². The summed E-state index contributed by atoms with van der Waals surface area (Å²) in [6, 6.07) is 13.4. The van der Waals surface area contributed by atoms with E-state index in [1.165, 1.54) is 34.6 Å². The van der Waals surface area contributed by atoms with Gasteiger partial charge in [-0.1, -0.05) is 53.7 Å². The molecule has 0 saturated carbocycles. The number of carbonyl (C=O) groups is 1. The maximum absolute atomic E-state index is 12.1. The second-order valence-electron chi connectivity index (χ2n) is 5.44. The zero-order valence-electron chi connectivity index (χ0n) is 13.8. The Balaban J connectivity index is 1.63. The molecule has 138 valence electrons. The molecular weight excluding hydrogens is 390 g/mol. The summed E-state index contributed by atoms with van der Waals surface area (Å²) in [5.41, 5.74) is 1.78. The van der Waals surface area contributed by atoms with Gasteiger partial charge in [-0.15, -0.1) is 0 Å². The van der Waals surface area contributed by atoms with Crippen LogP contribution in [0.4, 0.5) is 11.4 Å². The fraction of sp³-hybridized carbons (Fsp3) is 0.0588. The highest BCUT2D eigenvalue weighted by atomic mass is 35.5. The number of nitro groups is 1. The Hall–Kier alpha value is -3.04. The Bertz CT molecular complexity index is 993. The first-order chi connectivity index (χ1) is 12.9. The van der Waals surface area contributed by atoms with Gasteiger partial charge in [0.1, 0.15) is 0 Å². The highest BCUT2D eigenvalue weighted by molar-refractivity contribution is 7.99. The first kappa shape index (κ1) is 18.7. The van der Waals surface area contributed by atoms with E-state index < -0.39 is 4.92 Å². The second-order valence-corrected chi connectivity index (χ2v) is 6.79. The van der Waals surface area contributed by atoms with Gasteiger partial charge in [0.15, 0.2) is 5.16 Å². The molecule has 0 aliphatic rings. The van der Waals surface area contributed by atoms with Gasteiger partial charge >= 0.3 is 0 Å². The molecule has 0 saturated heterocycles. The van der Waals surface area contributed by atoms with Crippen molar-refractivity contribution in [3.63, 3.8) is 0 Å². The molecule has 0 fully saturated rings. The maximum atomic E-state index is 12.1. The number of imidazole rings is 1. The molecule has 3 N–H and O–H groups in total. The number of aromatic nitrogens is 2. The lowest BCUT2D eigenvalue weighted by molar-refractivity contribution is -0.384. The topological polar surface area (TPSA) is 116 Å². The molecule has 10 heteroatoms. The number of anilines is 1. The average Bonchev–Trinajstić information content (AvgIpc) is 3.03. The largest absolute Gasteiger partial charge is 0.337 e. The molecule has 3 aromatic rings. The van der Waals surface area contributed by atoms with E-state index in [0.29, 0.717) is 16.5 Å². The van der Waals surface area contributed by atoms with Gasteiger partial charge < -0.3 is 11.2 Å². The number of halogens is 1.